The molecule has 1 nitrogen and oxygen atoms in total. The molecule has 0 saturated heterocycles. The van der Waals surface area contributed by atoms with Gasteiger partial charge in [0.05, 0.1) is 0 Å². The third-order valence-electron chi connectivity index (χ3n) is 7.54. The van der Waals surface area contributed by atoms with E-state index in [-0.39, 0.29) is 0 Å². The summed E-state index contributed by atoms with van der Waals surface area (Å²) in [4.78, 5) is 0. The Bertz CT molecular complexity index is 533. The van der Waals surface area contributed by atoms with Crippen molar-refractivity contribution in [1.29, 1.82) is 0 Å². The number of unbranched alkanes of at least 4 members (excludes halogenated alkanes) is 2. The van der Waals surface area contributed by atoms with Gasteiger partial charge in [0.1, 0.15) is 0 Å². The Balaban J connectivity index is 1.44. The van der Waals surface area contributed by atoms with Crippen LogP contribution in [-0.4, -0.2) is 7.05 Å². The highest BCUT2D eigenvalue weighted by molar-refractivity contribution is 5.48. The smallest absolute Gasteiger partial charge is 0.0340 e. The average Bonchev–Trinajstić information content (AvgIpc) is 2.69. The molecule has 0 unspecified atom stereocenters. The maximum absolute atomic E-state index is 3.27. The van der Waals surface area contributed by atoms with Crippen LogP contribution in [0, 0.1) is 24.7 Å². The first-order valence-corrected chi connectivity index (χ1v) is 11.5. The summed E-state index contributed by atoms with van der Waals surface area (Å²) < 4.78 is 0. The zero-order chi connectivity index (χ0) is 18.4. The highest BCUT2D eigenvalue weighted by Gasteiger charge is 2.31. The van der Waals surface area contributed by atoms with Crippen LogP contribution in [0.15, 0.2) is 18.2 Å². The second-order valence-electron chi connectivity index (χ2n) is 9.21. The second kappa shape index (κ2) is 9.81. The molecule has 146 valence electrons. The molecule has 0 bridgehead atoms. The molecule has 0 radical (unpaired) electrons. The van der Waals surface area contributed by atoms with Gasteiger partial charge in [0, 0.05) is 12.7 Å². The van der Waals surface area contributed by atoms with Crippen molar-refractivity contribution in [3.05, 3.63) is 29.3 Å². The minimum absolute atomic E-state index is 0.808. The zero-order valence-corrected chi connectivity index (χ0v) is 17.5. The van der Waals surface area contributed by atoms with Gasteiger partial charge >= 0.3 is 0 Å². The first-order chi connectivity index (χ1) is 12.7. The fourth-order valence-electron chi connectivity index (χ4n) is 5.82. The molecule has 0 atom stereocenters. The van der Waals surface area contributed by atoms with Crippen molar-refractivity contribution >= 4 is 5.69 Å². The molecule has 0 spiro atoms. The SMILES string of the molecule is CCCCCC1CCC(C2CCC(c3ccc(NC)cc3C)CC2)CC1. The maximum Gasteiger partial charge on any atom is 0.0340 e. The monoisotopic (exact) mass is 355 g/mol. The van der Waals surface area contributed by atoms with E-state index in [1.165, 1.54) is 88.3 Å². The lowest BCUT2D eigenvalue weighted by molar-refractivity contribution is 0.155. The van der Waals surface area contributed by atoms with E-state index in [0.717, 1.165) is 23.7 Å². The number of aryl methyl sites for hydroxylation is 1. The summed E-state index contributed by atoms with van der Waals surface area (Å²) in [5, 5.41) is 3.27. The Hall–Kier alpha value is -0.980. The zero-order valence-electron chi connectivity index (χ0n) is 17.5. The molecular formula is C25H41N. The van der Waals surface area contributed by atoms with Crippen molar-refractivity contribution in [2.45, 2.75) is 96.8 Å². The van der Waals surface area contributed by atoms with Crippen LogP contribution in [0.4, 0.5) is 5.69 Å². The van der Waals surface area contributed by atoms with Crippen molar-refractivity contribution in [1.82, 2.24) is 0 Å². The van der Waals surface area contributed by atoms with E-state index in [0.29, 0.717) is 0 Å². The van der Waals surface area contributed by atoms with Crippen molar-refractivity contribution in [2.24, 2.45) is 17.8 Å². The van der Waals surface area contributed by atoms with Crippen LogP contribution in [0.1, 0.15) is 101 Å². The molecular weight excluding hydrogens is 314 g/mol. The predicted molar refractivity (Wildman–Crippen MR) is 115 cm³/mol. The van der Waals surface area contributed by atoms with Crippen LogP contribution >= 0.6 is 0 Å². The van der Waals surface area contributed by atoms with E-state index < -0.39 is 0 Å². The number of nitrogens with one attached hydrogen (secondary N) is 1. The van der Waals surface area contributed by atoms with Gasteiger partial charge in [-0.25, -0.2) is 0 Å². The van der Waals surface area contributed by atoms with Gasteiger partial charge < -0.3 is 5.32 Å². The molecule has 0 aromatic heterocycles. The molecule has 0 aliphatic heterocycles. The van der Waals surface area contributed by atoms with Crippen molar-refractivity contribution < 1.29 is 0 Å². The second-order valence-corrected chi connectivity index (χ2v) is 9.21. The summed E-state index contributed by atoms with van der Waals surface area (Å²) in [6.07, 6.45) is 17.7. The highest BCUT2D eigenvalue weighted by atomic mass is 14.8. The van der Waals surface area contributed by atoms with Crippen LogP contribution in [0.5, 0.6) is 0 Å². The quantitative estimate of drug-likeness (QED) is 0.494. The molecule has 1 aromatic carbocycles. The molecule has 0 amide bonds. The molecule has 2 aliphatic rings. The standard InChI is InChI=1S/C25H41N/c1-4-5-6-7-20-8-10-21(11-9-20)22-12-14-23(15-13-22)25-17-16-24(26-3)18-19(25)2/h16-18,20-23,26H,4-15H2,1-3H3. The Morgan fingerprint density at radius 1 is 0.885 bits per heavy atom. The minimum Gasteiger partial charge on any atom is -0.388 e. The van der Waals surface area contributed by atoms with Crippen LogP contribution in [-0.2, 0) is 0 Å². The van der Waals surface area contributed by atoms with Crippen LogP contribution in [0.3, 0.4) is 0 Å². The normalized spacial score (nSPS) is 29.5. The number of rotatable bonds is 7. The Morgan fingerprint density at radius 2 is 1.54 bits per heavy atom. The van der Waals surface area contributed by atoms with Gasteiger partial charge in [0.2, 0.25) is 0 Å². The molecule has 2 fully saturated rings. The van der Waals surface area contributed by atoms with E-state index >= 15 is 0 Å². The fourth-order valence-corrected chi connectivity index (χ4v) is 5.82. The van der Waals surface area contributed by atoms with Gasteiger partial charge in [-0.3, -0.25) is 0 Å². The maximum atomic E-state index is 3.27. The van der Waals surface area contributed by atoms with Crippen LogP contribution in [0.25, 0.3) is 0 Å². The Kier molecular flexibility index (Phi) is 7.46. The van der Waals surface area contributed by atoms with Gasteiger partial charge in [0.25, 0.3) is 0 Å². The molecule has 1 heteroatoms. The number of hydrogen-bond donors (Lipinski definition) is 1. The topological polar surface area (TPSA) is 12.0 Å². The van der Waals surface area contributed by atoms with Crippen molar-refractivity contribution in [2.75, 3.05) is 12.4 Å². The van der Waals surface area contributed by atoms with E-state index in [2.05, 4.69) is 37.4 Å². The van der Waals surface area contributed by atoms with Crippen LogP contribution in [0.2, 0.25) is 0 Å². The summed E-state index contributed by atoms with van der Waals surface area (Å²) in [7, 11) is 2.01. The summed E-state index contributed by atoms with van der Waals surface area (Å²) in [5.41, 5.74) is 4.34. The molecule has 1 N–H and O–H groups in total. The van der Waals surface area contributed by atoms with Gasteiger partial charge in [0.15, 0.2) is 0 Å². The Morgan fingerprint density at radius 3 is 2.12 bits per heavy atom. The van der Waals surface area contributed by atoms with Gasteiger partial charge in [-0.2, -0.15) is 0 Å². The van der Waals surface area contributed by atoms with Crippen molar-refractivity contribution in [3.8, 4) is 0 Å². The third-order valence-corrected chi connectivity index (χ3v) is 7.54. The number of anilines is 1. The Labute approximate surface area is 162 Å². The summed E-state index contributed by atoms with van der Waals surface area (Å²) in [5.74, 6) is 3.94. The van der Waals surface area contributed by atoms with Gasteiger partial charge in [-0.05, 0) is 92.4 Å². The summed E-state index contributed by atoms with van der Waals surface area (Å²) in [6.45, 7) is 4.62. The molecule has 2 aliphatic carbocycles. The predicted octanol–water partition coefficient (Wildman–Crippen LogP) is 7.70. The fraction of sp³-hybridized carbons (Fsp3) is 0.760. The lowest BCUT2D eigenvalue weighted by Crippen LogP contribution is -2.25. The lowest BCUT2D eigenvalue weighted by Gasteiger charge is -2.38. The minimum atomic E-state index is 0.808. The summed E-state index contributed by atoms with van der Waals surface area (Å²) in [6, 6.07) is 6.96. The van der Waals surface area contributed by atoms with E-state index in [9.17, 15) is 0 Å². The van der Waals surface area contributed by atoms with E-state index in [1.807, 2.05) is 7.05 Å². The van der Waals surface area contributed by atoms with E-state index in [1.54, 1.807) is 5.56 Å². The summed E-state index contributed by atoms with van der Waals surface area (Å²) >= 11 is 0. The highest BCUT2D eigenvalue weighted by Crippen LogP contribution is 2.45. The first-order valence-electron chi connectivity index (χ1n) is 11.5. The van der Waals surface area contributed by atoms with Gasteiger partial charge in [-0.15, -0.1) is 0 Å². The molecule has 1 aromatic rings. The molecule has 3 rings (SSSR count). The average molecular weight is 356 g/mol. The van der Waals surface area contributed by atoms with Crippen LogP contribution < -0.4 is 5.32 Å². The third kappa shape index (κ3) is 5.05. The molecule has 2 saturated carbocycles. The van der Waals surface area contributed by atoms with Gasteiger partial charge in [-0.1, -0.05) is 51.5 Å². The number of benzene rings is 1. The molecule has 0 heterocycles. The largest absolute Gasteiger partial charge is 0.388 e. The number of hydrogen-bond acceptors (Lipinski definition) is 1. The first kappa shape index (κ1) is 19.8. The molecule has 26 heavy (non-hydrogen) atoms. The van der Waals surface area contributed by atoms with Crippen molar-refractivity contribution in [3.63, 3.8) is 0 Å². The van der Waals surface area contributed by atoms with E-state index in [4.69, 9.17) is 0 Å². The lowest BCUT2D eigenvalue weighted by atomic mass is 9.67.